The zero-order valence-corrected chi connectivity index (χ0v) is 15.1. The second-order valence-electron chi connectivity index (χ2n) is 5.89. The summed E-state index contributed by atoms with van der Waals surface area (Å²) in [5.41, 5.74) is 8.01. The van der Waals surface area contributed by atoms with Crippen molar-refractivity contribution in [1.29, 1.82) is 5.26 Å². The molecule has 27 heavy (non-hydrogen) atoms. The Morgan fingerprint density at radius 1 is 1.19 bits per heavy atom. The van der Waals surface area contributed by atoms with Crippen LogP contribution < -0.4 is 10.5 Å². The number of ether oxygens (including phenoxy) is 1. The fraction of sp³-hybridized carbons (Fsp3) is 0.0526. The van der Waals surface area contributed by atoms with Gasteiger partial charge in [0.15, 0.2) is 0 Å². The number of aromatic amines is 1. The van der Waals surface area contributed by atoms with Gasteiger partial charge in [-0.1, -0.05) is 47.5 Å². The fourth-order valence-electron chi connectivity index (χ4n) is 3.14. The highest BCUT2D eigenvalue weighted by Crippen LogP contribution is 2.46. The molecule has 0 spiro atoms. The highest BCUT2D eigenvalue weighted by molar-refractivity contribution is 6.42. The molecular formula is C19H11Cl2FN4O. The third kappa shape index (κ3) is 2.81. The van der Waals surface area contributed by atoms with Crippen LogP contribution in [0.5, 0.6) is 5.88 Å². The lowest BCUT2D eigenvalue weighted by atomic mass is 9.83. The van der Waals surface area contributed by atoms with E-state index in [0.717, 1.165) is 0 Å². The fourth-order valence-corrected chi connectivity index (χ4v) is 3.44. The van der Waals surface area contributed by atoms with E-state index in [9.17, 15) is 9.65 Å². The van der Waals surface area contributed by atoms with Crippen molar-refractivity contribution >= 4 is 23.2 Å². The molecule has 0 amide bonds. The van der Waals surface area contributed by atoms with Gasteiger partial charge in [0.1, 0.15) is 17.5 Å². The lowest BCUT2D eigenvalue weighted by Gasteiger charge is -2.24. The Morgan fingerprint density at radius 3 is 2.67 bits per heavy atom. The lowest BCUT2D eigenvalue weighted by molar-refractivity contribution is 0.378. The molecule has 0 aliphatic carbocycles. The number of hydrogen-bond donors (Lipinski definition) is 2. The number of halogens is 3. The average molecular weight is 401 g/mol. The SMILES string of the molecule is N#CC1=C(N)Oc2n[nH]c(-c3ccc(Cl)c(Cl)c3)c2[C@H]1c1ccccc1F. The van der Waals surface area contributed by atoms with Gasteiger partial charge in [-0.15, -0.1) is 5.10 Å². The molecule has 2 heterocycles. The second-order valence-corrected chi connectivity index (χ2v) is 6.71. The monoisotopic (exact) mass is 400 g/mol. The van der Waals surface area contributed by atoms with E-state index in [4.69, 9.17) is 33.7 Å². The summed E-state index contributed by atoms with van der Waals surface area (Å²) in [6, 6.07) is 13.3. The van der Waals surface area contributed by atoms with Crippen molar-refractivity contribution < 1.29 is 9.13 Å². The van der Waals surface area contributed by atoms with Gasteiger partial charge in [0.25, 0.3) is 0 Å². The molecule has 1 aliphatic rings. The summed E-state index contributed by atoms with van der Waals surface area (Å²) in [6.45, 7) is 0. The molecule has 4 rings (SSSR count). The van der Waals surface area contributed by atoms with Crippen molar-refractivity contribution in [3.63, 3.8) is 0 Å². The highest BCUT2D eigenvalue weighted by atomic mass is 35.5. The summed E-state index contributed by atoms with van der Waals surface area (Å²) in [6.07, 6.45) is 0. The van der Waals surface area contributed by atoms with Crippen LogP contribution in [0, 0.1) is 17.1 Å². The number of fused-ring (bicyclic) bond motifs is 1. The van der Waals surface area contributed by atoms with Gasteiger partial charge in [0, 0.05) is 11.1 Å². The number of nitriles is 1. The van der Waals surface area contributed by atoms with Gasteiger partial charge < -0.3 is 10.5 Å². The van der Waals surface area contributed by atoms with Crippen molar-refractivity contribution in [2.45, 2.75) is 5.92 Å². The first-order valence-electron chi connectivity index (χ1n) is 7.87. The molecule has 0 saturated carbocycles. The molecule has 0 unspecified atom stereocenters. The number of H-pyrrole nitrogens is 1. The molecule has 2 aromatic carbocycles. The van der Waals surface area contributed by atoms with Crippen molar-refractivity contribution in [2.75, 3.05) is 0 Å². The minimum atomic E-state index is -0.775. The van der Waals surface area contributed by atoms with Crippen LogP contribution in [0.3, 0.4) is 0 Å². The summed E-state index contributed by atoms with van der Waals surface area (Å²) in [4.78, 5) is 0. The van der Waals surface area contributed by atoms with Gasteiger partial charge in [-0.25, -0.2) is 4.39 Å². The minimum absolute atomic E-state index is 0.106. The number of nitrogens with zero attached hydrogens (tertiary/aromatic N) is 2. The third-order valence-electron chi connectivity index (χ3n) is 4.36. The molecule has 8 heteroatoms. The molecule has 1 aliphatic heterocycles. The van der Waals surface area contributed by atoms with Crippen LogP contribution in [0.15, 0.2) is 53.9 Å². The van der Waals surface area contributed by atoms with Crippen LogP contribution in [-0.4, -0.2) is 10.2 Å². The maximum Gasteiger partial charge on any atom is 0.244 e. The Balaban J connectivity index is 1.98. The molecule has 5 nitrogen and oxygen atoms in total. The van der Waals surface area contributed by atoms with E-state index in [1.807, 2.05) is 6.07 Å². The van der Waals surface area contributed by atoms with Gasteiger partial charge in [-0.05, 0) is 18.2 Å². The predicted octanol–water partition coefficient (Wildman–Crippen LogP) is 4.74. The molecule has 0 saturated heterocycles. The van der Waals surface area contributed by atoms with Gasteiger partial charge in [0.2, 0.25) is 11.8 Å². The quantitative estimate of drug-likeness (QED) is 0.649. The van der Waals surface area contributed by atoms with E-state index in [1.54, 1.807) is 36.4 Å². The molecule has 3 N–H and O–H groups in total. The summed E-state index contributed by atoms with van der Waals surface area (Å²) in [7, 11) is 0. The summed E-state index contributed by atoms with van der Waals surface area (Å²) >= 11 is 12.1. The Bertz CT molecular complexity index is 1130. The summed E-state index contributed by atoms with van der Waals surface area (Å²) in [5, 5.41) is 17.4. The van der Waals surface area contributed by atoms with E-state index < -0.39 is 11.7 Å². The van der Waals surface area contributed by atoms with Crippen molar-refractivity contribution in [2.24, 2.45) is 5.73 Å². The van der Waals surface area contributed by atoms with E-state index >= 15 is 0 Å². The first-order valence-corrected chi connectivity index (χ1v) is 8.62. The molecule has 0 fully saturated rings. The zero-order chi connectivity index (χ0) is 19.1. The molecule has 3 aromatic rings. The Hall–Kier alpha value is -3.01. The number of aromatic nitrogens is 2. The lowest BCUT2D eigenvalue weighted by Crippen LogP contribution is -2.21. The first kappa shape index (κ1) is 17.4. The van der Waals surface area contributed by atoms with Gasteiger partial charge in [-0.2, -0.15) is 5.26 Å². The first-order chi connectivity index (χ1) is 13.0. The average Bonchev–Trinajstić information content (AvgIpc) is 3.07. The summed E-state index contributed by atoms with van der Waals surface area (Å²) in [5.74, 6) is -1.16. The van der Waals surface area contributed by atoms with Crippen LogP contribution in [-0.2, 0) is 0 Å². The largest absolute Gasteiger partial charge is 0.420 e. The number of nitrogens with two attached hydrogens (primary N) is 1. The van der Waals surface area contributed by atoms with E-state index in [0.29, 0.717) is 32.4 Å². The molecular weight excluding hydrogens is 390 g/mol. The number of rotatable bonds is 2. The molecule has 0 bridgehead atoms. The van der Waals surface area contributed by atoms with E-state index in [2.05, 4.69) is 10.2 Å². The van der Waals surface area contributed by atoms with Crippen LogP contribution in [0.25, 0.3) is 11.3 Å². The number of nitrogens with one attached hydrogen (secondary N) is 1. The van der Waals surface area contributed by atoms with Crippen LogP contribution in [0.4, 0.5) is 4.39 Å². The Labute approximate surface area is 163 Å². The van der Waals surface area contributed by atoms with E-state index in [-0.39, 0.29) is 17.3 Å². The smallest absolute Gasteiger partial charge is 0.244 e. The minimum Gasteiger partial charge on any atom is -0.420 e. The molecule has 0 radical (unpaired) electrons. The van der Waals surface area contributed by atoms with Crippen LogP contribution in [0.1, 0.15) is 17.0 Å². The third-order valence-corrected chi connectivity index (χ3v) is 5.10. The molecule has 1 aromatic heterocycles. The normalized spacial score (nSPS) is 15.9. The number of hydrogen-bond acceptors (Lipinski definition) is 4. The number of allylic oxidation sites excluding steroid dienone is 1. The number of benzene rings is 2. The summed E-state index contributed by atoms with van der Waals surface area (Å²) < 4.78 is 20.1. The Morgan fingerprint density at radius 2 is 1.96 bits per heavy atom. The van der Waals surface area contributed by atoms with Crippen LogP contribution >= 0.6 is 23.2 Å². The van der Waals surface area contributed by atoms with Crippen molar-refractivity contribution in [3.8, 4) is 23.2 Å². The van der Waals surface area contributed by atoms with Crippen molar-refractivity contribution in [1.82, 2.24) is 10.2 Å². The predicted molar refractivity (Wildman–Crippen MR) is 99.7 cm³/mol. The molecule has 134 valence electrons. The standard InChI is InChI=1S/C19H11Cl2FN4O/c20-12-6-5-9(7-13(12)21)17-16-15(10-3-1-2-4-14(10)22)11(8-23)18(24)27-19(16)26-25-17/h1-7,15H,24H2,(H,25,26)/t15-/m0/s1. The maximum absolute atomic E-state index is 14.6. The molecule has 1 atom stereocenters. The highest BCUT2D eigenvalue weighted by Gasteiger charge is 2.36. The van der Waals surface area contributed by atoms with E-state index in [1.165, 1.54) is 6.07 Å². The Kier molecular flexibility index (Phi) is 4.27. The van der Waals surface area contributed by atoms with Gasteiger partial charge >= 0.3 is 0 Å². The second kappa shape index (κ2) is 6.62. The topological polar surface area (TPSA) is 87.7 Å². The van der Waals surface area contributed by atoms with Crippen LogP contribution in [0.2, 0.25) is 10.0 Å². The van der Waals surface area contributed by atoms with Gasteiger partial charge in [0.05, 0.1) is 27.2 Å². The van der Waals surface area contributed by atoms with Crippen molar-refractivity contribution in [3.05, 3.63) is 80.9 Å². The maximum atomic E-state index is 14.6. The zero-order valence-electron chi connectivity index (χ0n) is 13.6. The van der Waals surface area contributed by atoms with Gasteiger partial charge in [-0.3, -0.25) is 5.10 Å².